The van der Waals surface area contributed by atoms with Crippen molar-refractivity contribution in [3.63, 3.8) is 0 Å². The zero-order chi connectivity index (χ0) is 21.5. The number of nitrogens with zero attached hydrogens (tertiary/aromatic N) is 1. The fourth-order valence-corrected chi connectivity index (χ4v) is 2.98. The minimum atomic E-state index is -4.99. The lowest BCUT2D eigenvalue weighted by Gasteiger charge is -2.37. The van der Waals surface area contributed by atoms with Crippen LogP contribution in [-0.2, 0) is 12.1 Å². The number of hydrogen-bond donors (Lipinski definition) is 3. The lowest BCUT2D eigenvalue weighted by molar-refractivity contribution is -0.178. The van der Waals surface area contributed by atoms with Crippen LogP contribution in [0.1, 0.15) is 34.7 Å². The molecule has 1 atom stereocenters. The number of urea groups is 1. The third-order valence-electron chi connectivity index (χ3n) is 4.67. The minimum Gasteiger partial charge on any atom is -0.441 e. The molecule has 7 nitrogen and oxygen atoms in total. The Labute approximate surface area is 167 Å². The Balaban J connectivity index is 1.70. The standard InChI is InChI=1S/C19H14F4N4O3/c20-13-8-12-14(7-11(13)9-25-15(28)16-24-5-6-30-16)26-17(29)27-18(12,19(21,22)23)4-3-10-1-2-10/h5-8,10H,1-2,9H2,(H,25,28)(H2,26,27,29)/t18-/m0/s1. The van der Waals surface area contributed by atoms with Gasteiger partial charge in [-0.25, -0.2) is 14.2 Å². The molecular formula is C19H14F4N4O3. The van der Waals surface area contributed by atoms with E-state index in [1.807, 2.05) is 5.32 Å². The molecule has 0 spiro atoms. The van der Waals surface area contributed by atoms with Gasteiger partial charge >= 0.3 is 18.1 Å². The van der Waals surface area contributed by atoms with Gasteiger partial charge in [-0.05, 0) is 25.0 Å². The first-order valence-electron chi connectivity index (χ1n) is 8.89. The number of carbonyl (C=O) groups is 2. The van der Waals surface area contributed by atoms with Gasteiger partial charge in [-0.3, -0.25) is 4.79 Å². The molecule has 11 heteroatoms. The van der Waals surface area contributed by atoms with Gasteiger partial charge in [0.25, 0.3) is 5.89 Å². The van der Waals surface area contributed by atoms with Crippen LogP contribution in [0.4, 0.5) is 28.0 Å². The van der Waals surface area contributed by atoms with Crippen molar-refractivity contribution in [2.75, 3.05) is 5.32 Å². The molecule has 1 aliphatic heterocycles. The predicted molar refractivity (Wildman–Crippen MR) is 94.5 cm³/mol. The first kappa shape index (κ1) is 19.8. The van der Waals surface area contributed by atoms with Crippen molar-refractivity contribution in [1.82, 2.24) is 15.6 Å². The number of benzene rings is 1. The first-order valence-corrected chi connectivity index (χ1v) is 8.89. The molecule has 156 valence electrons. The van der Waals surface area contributed by atoms with Crippen LogP contribution in [0.3, 0.4) is 0 Å². The molecule has 2 heterocycles. The summed E-state index contributed by atoms with van der Waals surface area (Å²) in [6, 6.07) is 0.591. The maximum absolute atomic E-state index is 14.7. The molecule has 1 aliphatic carbocycles. The summed E-state index contributed by atoms with van der Waals surface area (Å²) >= 11 is 0. The van der Waals surface area contributed by atoms with Crippen LogP contribution in [-0.4, -0.2) is 23.1 Å². The summed E-state index contributed by atoms with van der Waals surface area (Å²) in [5, 5.41) is 6.41. The number of alkyl halides is 3. The fourth-order valence-electron chi connectivity index (χ4n) is 2.98. The summed E-state index contributed by atoms with van der Waals surface area (Å²) in [6.45, 7) is -0.365. The molecule has 3 amide bonds. The Morgan fingerprint density at radius 2 is 2.13 bits per heavy atom. The van der Waals surface area contributed by atoms with Crippen LogP contribution in [0.25, 0.3) is 0 Å². The van der Waals surface area contributed by atoms with Gasteiger partial charge < -0.3 is 20.4 Å². The summed E-state index contributed by atoms with van der Waals surface area (Å²) in [5.74, 6) is 2.49. The molecule has 1 aromatic carbocycles. The fraction of sp³-hybridized carbons (Fsp3) is 0.316. The molecule has 3 N–H and O–H groups in total. The number of hydrogen-bond acceptors (Lipinski definition) is 4. The van der Waals surface area contributed by atoms with Gasteiger partial charge in [-0.1, -0.05) is 11.8 Å². The molecule has 30 heavy (non-hydrogen) atoms. The minimum absolute atomic E-state index is 0.137. The van der Waals surface area contributed by atoms with E-state index >= 15 is 0 Å². The van der Waals surface area contributed by atoms with Gasteiger partial charge in [0.15, 0.2) is 0 Å². The maximum atomic E-state index is 14.7. The number of carbonyl (C=O) groups excluding carboxylic acids is 2. The van der Waals surface area contributed by atoms with E-state index in [1.165, 1.54) is 12.5 Å². The van der Waals surface area contributed by atoms with Gasteiger partial charge in [-0.2, -0.15) is 13.2 Å². The quantitative estimate of drug-likeness (QED) is 0.523. The third kappa shape index (κ3) is 3.56. The Hall–Kier alpha value is -3.55. The number of amides is 3. The predicted octanol–water partition coefficient (Wildman–Crippen LogP) is 3.05. The summed E-state index contributed by atoms with van der Waals surface area (Å²) in [4.78, 5) is 27.5. The van der Waals surface area contributed by atoms with Crippen LogP contribution < -0.4 is 16.0 Å². The highest BCUT2D eigenvalue weighted by Gasteiger charge is 2.59. The van der Waals surface area contributed by atoms with Gasteiger partial charge in [0.2, 0.25) is 5.54 Å². The lowest BCUT2D eigenvalue weighted by atomic mass is 9.85. The number of aromatic nitrogens is 1. The SMILES string of the molecule is O=C1Nc2cc(CNC(=O)c3ncco3)c(F)cc2[C@@](C#CC2CC2)(C(F)(F)F)N1. The molecule has 2 aromatic rings. The zero-order valence-electron chi connectivity index (χ0n) is 15.2. The molecular weight excluding hydrogens is 408 g/mol. The largest absolute Gasteiger partial charge is 0.441 e. The van der Waals surface area contributed by atoms with Gasteiger partial charge in [0, 0.05) is 29.3 Å². The number of fused-ring (bicyclic) bond motifs is 1. The number of halogens is 4. The number of oxazole rings is 1. The molecule has 1 fully saturated rings. The van der Waals surface area contributed by atoms with E-state index in [1.54, 1.807) is 0 Å². The van der Waals surface area contributed by atoms with Crippen molar-refractivity contribution in [1.29, 1.82) is 0 Å². The summed E-state index contributed by atoms with van der Waals surface area (Å²) in [7, 11) is 0. The average molecular weight is 422 g/mol. The molecule has 0 saturated heterocycles. The van der Waals surface area contributed by atoms with Crippen molar-refractivity contribution >= 4 is 17.6 Å². The highest BCUT2D eigenvalue weighted by Crippen LogP contribution is 2.45. The second-order valence-electron chi connectivity index (χ2n) is 6.88. The van der Waals surface area contributed by atoms with E-state index < -0.39 is 35.0 Å². The highest BCUT2D eigenvalue weighted by atomic mass is 19.4. The third-order valence-corrected chi connectivity index (χ3v) is 4.67. The summed E-state index contributed by atoms with van der Waals surface area (Å²) < 4.78 is 61.5. The van der Waals surface area contributed by atoms with Gasteiger partial charge in [0.05, 0.1) is 6.20 Å². The van der Waals surface area contributed by atoms with Crippen molar-refractivity contribution in [3.8, 4) is 11.8 Å². The Morgan fingerprint density at radius 3 is 2.77 bits per heavy atom. The lowest BCUT2D eigenvalue weighted by Crippen LogP contribution is -2.59. The number of anilines is 1. The van der Waals surface area contributed by atoms with Crippen molar-refractivity contribution in [3.05, 3.63) is 47.4 Å². The summed E-state index contributed by atoms with van der Waals surface area (Å²) in [5.41, 5.74) is -3.97. The van der Waals surface area contributed by atoms with E-state index in [9.17, 15) is 27.2 Å². The molecule has 2 aliphatic rings. The molecule has 4 rings (SSSR count). The van der Waals surface area contributed by atoms with Crippen LogP contribution in [0.15, 0.2) is 29.0 Å². The van der Waals surface area contributed by atoms with Gasteiger partial charge in [0.1, 0.15) is 12.1 Å². The topological polar surface area (TPSA) is 96.3 Å². The average Bonchev–Trinajstić information content (AvgIpc) is 3.34. The second-order valence-corrected chi connectivity index (χ2v) is 6.88. The Morgan fingerprint density at radius 1 is 1.37 bits per heavy atom. The molecule has 0 unspecified atom stereocenters. The smallest absolute Gasteiger partial charge is 0.427 e. The van der Waals surface area contributed by atoms with Crippen LogP contribution in [0, 0.1) is 23.6 Å². The van der Waals surface area contributed by atoms with E-state index in [0.717, 1.165) is 6.07 Å². The van der Waals surface area contributed by atoms with E-state index in [0.29, 0.717) is 18.9 Å². The van der Waals surface area contributed by atoms with E-state index in [-0.39, 0.29) is 29.6 Å². The normalized spacial score (nSPS) is 20.3. The van der Waals surface area contributed by atoms with Crippen LogP contribution in [0.2, 0.25) is 0 Å². The van der Waals surface area contributed by atoms with Gasteiger partial charge in [-0.15, -0.1) is 0 Å². The van der Waals surface area contributed by atoms with Crippen molar-refractivity contribution in [2.45, 2.75) is 31.1 Å². The monoisotopic (exact) mass is 422 g/mol. The second kappa shape index (κ2) is 7.05. The summed E-state index contributed by atoms with van der Waals surface area (Å²) in [6.07, 6.45) is -1.21. The Kier molecular flexibility index (Phi) is 4.64. The number of nitrogens with one attached hydrogen (secondary N) is 3. The van der Waals surface area contributed by atoms with E-state index in [4.69, 9.17) is 4.42 Å². The van der Waals surface area contributed by atoms with Crippen LogP contribution >= 0.6 is 0 Å². The molecule has 0 radical (unpaired) electrons. The zero-order valence-corrected chi connectivity index (χ0v) is 15.2. The molecule has 1 saturated carbocycles. The van der Waals surface area contributed by atoms with Crippen LogP contribution in [0.5, 0.6) is 0 Å². The van der Waals surface area contributed by atoms with Crippen molar-refractivity contribution in [2.24, 2.45) is 5.92 Å². The number of rotatable bonds is 3. The maximum Gasteiger partial charge on any atom is 0.427 e. The Bertz CT molecular complexity index is 1070. The first-order chi connectivity index (χ1) is 14.2. The molecule has 0 bridgehead atoms. The van der Waals surface area contributed by atoms with E-state index in [2.05, 4.69) is 27.5 Å². The highest BCUT2D eigenvalue weighted by molar-refractivity contribution is 5.95. The van der Waals surface area contributed by atoms with Crippen molar-refractivity contribution < 1.29 is 31.6 Å². The molecule has 1 aromatic heterocycles.